The van der Waals surface area contributed by atoms with Crippen LogP contribution in [0.3, 0.4) is 0 Å². The molecule has 0 aliphatic carbocycles. The highest BCUT2D eigenvalue weighted by Crippen LogP contribution is 2.41. The largest absolute Gasteiger partial charge is 0.294 e. The van der Waals surface area contributed by atoms with Crippen molar-refractivity contribution in [1.82, 2.24) is 4.90 Å². The lowest BCUT2D eigenvalue weighted by atomic mass is 9.83. The van der Waals surface area contributed by atoms with Crippen molar-refractivity contribution >= 4 is 5.78 Å². The molecule has 2 aliphatic heterocycles. The van der Waals surface area contributed by atoms with Crippen LogP contribution in [0, 0.1) is 24.2 Å². The zero-order chi connectivity index (χ0) is 18.1. The molecule has 2 heterocycles. The van der Waals surface area contributed by atoms with Gasteiger partial charge in [0.05, 0.1) is 11.6 Å². The van der Waals surface area contributed by atoms with Gasteiger partial charge in [-0.2, -0.15) is 5.26 Å². The average Bonchev–Trinajstić information content (AvgIpc) is 2.89. The maximum Gasteiger partial charge on any atom is 0.167 e. The number of piperidine rings is 1. The Bertz CT molecular complexity index is 838. The lowest BCUT2D eigenvalue weighted by Gasteiger charge is -2.38. The molecule has 2 bridgehead atoms. The van der Waals surface area contributed by atoms with Gasteiger partial charge in [0, 0.05) is 30.1 Å². The standard InChI is InChI=1S/C23H24N2O/c1-16-7-10-22(19(11-16)14-24)23(26)18-12-20-8-9-21(13-18)25(20)15-17-5-3-2-4-6-17/h2-7,10-11,18,20-21H,8-9,12-13,15H2,1H3. The number of benzene rings is 2. The molecule has 0 radical (unpaired) electrons. The van der Waals surface area contributed by atoms with Gasteiger partial charge in [-0.05, 0) is 55.9 Å². The Morgan fingerprint density at radius 3 is 2.46 bits per heavy atom. The van der Waals surface area contributed by atoms with Crippen LogP contribution in [0.1, 0.15) is 52.7 Å². The van der Waals surface area contributed by atoms with Crippen molar-refractivity contribution in [2.75, 3.05) is 0 Å². The molecule has 132 valence electrons. The van der Waals surface area contributed by atoms with Gasteiger partial charge in [-0.15, -0.1) is 0 Å². The number of carbonyl (C=O) groups is 1. The van der Waals surface area contributed by atoms with E-state index in [-0.39, 0.29) is 11.7 Å². The van der Waals surface area contributed by atoms with Crippen molar-refractivity contribution in [3.8, 4) is 6.07 Å². The van der Waals surface area contributed by atoms with E-state index in [1.807, 2.05) is 25.1 Å². The van der Waals surface area contributed by atoms with Crippen LogP contribution in [0.5, 0.6) is 0 Å². The van der Waals surface area contributed by atoms with E-state index in [0.29, 0.717) is 23.2 Å². The number of ketones is 1. The van der Waals surface area contributed by atoms with Crippen LogP contribution in [0.25, 0.3) is 0 Å². The van der Waals surface area contributed by atoms with Crippen molar-refractivity contribution in [3.63, 3.8) is 0 Å². The van der Waals surface area contributed by atoms with E-state index in [2.05, 4.69) is 41.3 Å². The predicted octanol–water partition coefficient (Wildman–Crippen LogP) is 4.49. The van der Waals surface area contributed by atoms with E-state index in [1.54, 1.807) is 0 Å². The zero-order valence-electron chi connectivity index (χ0n) is 15.2. The Morgan fingerprint density at radius 1 is 1.12 bits per heavy atom. The number of nitrogens with zero attached hydrogens (tertiary/aromatic N) is 2. The lowest BCUT2D eigenvalue weighted by molar-refractivity contribution is 0.0678. The first-order chi connectivity index (χ1) is 12.7. The second-order valence-electron chi connectivity index (χ2n) is 7.74. The fraction of sp³-hybridized carbons (Fsp3) is 0.391. The minimum Gasteiger partial charge on any atom is -0.294 e. The molecule has 3 heteroatoms. The molecule has 4 rings (SSSR count). The van der Waals surface area contributed by atoms with Gasteiger partial charge in [-0.1, -0.05) is 36.4 Å². The van der Waals surface area contributed by atoms with E-state index in [0.717, 1.165) is 24.9 Å². The van der Waals surface area contributed by atoms with Crippen molar-refractivity contribution in [2.24, 2.45) is 5.92 Å². The molecule has 0 saturated carbocycles. The van der Waals surface area contributed by atoms with Crippen LogP contribution < -0.4 is 0 Å². The number of Topliss-reactive ketones (excluding diaryl/α,β-unsaturated/α-hetero) is 1. The highest BCUT2D eigenvalue weighted by molar-refractivity contribution is 6.00. The summed E-state index contributed by atoms with van der Waals surface area (Å²) in [5.74, 6) is 0.215. The van der Waals surface area contributed by atoms with Gasteiger partial charge in [-0.25, -0.2) is 0 Å². The number of fused-ring (bicyclic) bond motifs is 2. The predicted molar refractivity (Wildman–Crippen MR) is 102 cm³/mol. The molecule has 2 aromatic rings. The molecule has 2 unspecified atom stereocenters. The summed E-state index contributed by atoms with van der Waals surface area (Å²) in [6.07, 6.45) is 4.20. The molecule has 0 spiro atoms. The number of hydrogen-bond donors (Lipinski definition) is 0. The molecular formula is C23H24N2O. The first kappa shape index (κ1) is 17.0. The first-order valence-electron chi connectivity index (χ1n) is 9.50. The van der Waals surface area contributed by atoms with Gasteiger partial charge in [0.2, 0.25) is 0 Å². The third-order valence-corrected chi connectivity index (χ3v) is 6.02. The van der Waals surface area contributed by atoms with Crippen LogP contribution in [0.4, 0.5) is 0 Å². The van der Waals surface area contributed by atoms with Crippen molar-refractivity contribution in [1.29, 1.82) is 5.26 Å². The molecule has 2 aliphatic rings. The molecule has 0 N–H and O–H groups in total. The summed E-state index contributed by atoms with van der Waals surface area (Å²) in [7, 11) is 0. The normalized spacial score (nSPS) is 25.0. The van der Waals surface area contributed by atoms with Gasteiger partial charge >= 0.3 is 0 Å². The Labute approximate surface area is 155 Å². The third-order valence-electron chi connectivity index (χ3n) is 6.02. The number of rotatable bonds is 4. The monoisotopic (exact) mass is 344 g/mol. The van der Waals surface area contributed by atoms with Crippen LogP contribution in [-0.4, -0.2) is 22.8 Å². The maximum atomic E-state index is 13.1. The molecule has 2 atom stereocenters. The molecule has 0 amide bonds. The van der Waals surface area contributed by atoms with E-state index in [4.69, 9.17) is 0 Å². The summed E-state index contributed by atoms with van der Waals surface area (Å²) in [6.45, 7) is 2.93. The summed E-state index contributed by atoms with van der Waals surface area (Å²) >= 11 is 0. The lowest BCUT2D eigenvalue weighted by Crippen LogP contribution is -2.44. The number of nitriles is 1. The van der Waals surface area contributed by atoms with Crippen LogP contribution in [0.15, 0.2) is 48.5 Å². The summed E-state index contributed by atoms with van der Waals surface area (Å²) in [6, 6.07) is 19.4. The number of carbonyl (C=O) groups excluding carboxylic acids is 1. The van der Waals surface area contributed by atoms with E-state index in [9.17, 15) is 10.1 Å². The minimum atomic E-state index is 0.0503. The Hall–Kier alpha value is -2.44. The van der Waals surface area contributed by atoms with E-state index in [1.165, 1.54) is 18.4 Å². The zero-order valence-corrected chi connectivity index (χ0v) is 15.2. The average molecular weight is 344 g/mol. The summed E-state index contributed by atoms with van der Waals surface area (Å²) < 4.78 is 0. The topological polar surface area (TPSA) is 44.1 Å². The number of aryl methyl sites for hydroxylation is 1. The number of hydrogen-bond acceptors (Lipinski definition) is 3. The molecule has 2 aromatic carbocycles. The van der Waals surface area contributed by atoms with Crippen molar-refractivity contribution in [3.05, 3.63) is 70.8 Å². The molecule has 26 heavy (non-hydrogen) atoms. The molecule has 0 aromatic heterocycles. The summed E-state index contributed by atoms with van der Waals surface area (Å²) in [5, 5.41) is 9.40. The molecule has 3 nitrogen and oxygen atoms in total. The highest BCUT2D eigenvalue weighted by Gasteiger charge is 2.43. The van der Waals surface area contributed by atoms with Gasteiger partial charge < -0.3 is 0 Å². The SMILES string of the molecule is Cc1ccc(C(=O)C2CC3CCC(C2)N3Cc2ccccc2)c(C#N)c1. The fourth-order valence-corrected chi connectivity index (χ4v) is 4.73. The summed E-state index contributed by atoms with van der Waals surface area (Å²) in [4.78, 5) is 15.7. The summed E-state index contributed by atoms with van der Waals surface area (Å²) in [5.41, 5.74) is 3.50. The Balaban J connectivity index is 1.50. The quantitative estimate of drug-likeness (QED) is 0.768. The Kier molecular flexibility index (Phi) is 4.61. The fourth-order valence-electron chi connectivity index (χ4n) is 4.73. The van der Waals surface area contributed by atoms with Gasteiger partial charge in [0.1, 0.15) is 0 Å². The second kappa shape index (κ2) is 7.05. The van der Waals surface area contributed by atoms with E-state index < -0.39 is 0 Å². The van der Waals surface area contributed by atoms with Crippen molar-refractivity contribution in [2.45, 2.75) is 51.2 Å². The smallest absolute Gasteiger partial charge is 0.167 e. The molecule has 2 fully saturated rings. The second-order valence-corrected chi connectivity index (χ2v) is 7.74. The minimum absolute atomic E-state index is 0.0503. The maximum absolute atomic E-state index is 13.1. The van der Waals surface area contributed by atoms with Gasteiger partial charge in [0.25, 0.3) is 0 Å². The van der Waals surface area contributed by atoms with Crippen molar-refractivity contribution < 1.29 is 4.79 Å². The van der Waals surface area contributed by atoms with Gasteiger partial charge in [0.15, 0.2) is 5.78 Å². The van der Waals surface area contributed by atoms with E-state index >= 15 is 0 Å². The molecular weight excluding hydrogens is 320 g/mol. The van der Waals surface area contributed by atoms with Crippen LogP contribution in [0.2, 0.25) is 0 Å². The molecule has 2 saturated heterocycles. The van der Waals surface area contributed by atoms with Crippen LogP contribution >= 0.6 is 0 Å². The first-order valence-corrected chi connectivity index (χ1v) is 9.50. The highest BCUT2D eigenvalue weighted by atomic mass is 16.1. The van der Waals surface area contributed by atoms with Gasteiger partial charge in [-0.3, -0.25) is 9.69 Å². The third kappa shape index (κ3) is 3.18. The Morgan fingerprint density at radius 2 is 1.81 bits per heavy atom. The van der Waals surface area contributed by atoms with Crippen LogP contribution in [-0.2, 0) is 6.54 Å².